The van der Waals surface area contributed by atoms with E-state index in [1.54, 1.807) is 37.4 Å². The van der Waals surface area contributed by atoms with Crippen LogP contribution in [-0.4, -0.2) is 81.0 Å². The lowest BCUT2D eigenvalue weighted by Gasteiger charge is -2.43. The molecule has 2 aromatic rings. The molecule has 8 heteroatoms. The van der Waals surface area contributed by atoms with Crippen molar-refractivity contribution in [1.29, 1.82) is 0 Å². The second kappa shape index (κ2) is 8.78. The van der Waals surface area contributed by atoms with Crippen LogP contribution in [0.25, 0.3) is 0 Å². The van der Waals surface area contributed by atoms with Crippen LogP contribution in [0.5, 0.6) is 11.5 Å². The van der Waals surface area contributed by atoms with Crippen molar-refractivity contribution in [1.82, 2.24) is 14.7 Å². The maximum Gasteiger partial charge on any atom is 0.254 e. The smallest absolute Gasteiger partial charge is 0.254 e. The zero-order valence-electron chi connectivity index (χ0n) is 18.8. The zero-order chi connectivity index (χ0) is 23.0. The highest BCUT2D eigenvalue weighted by Gasteiger charge is 2.46. The van der Waals surface area contributed by atoms with Crippen molar-refractivity contribution in [3.05, 3.63) is 58.9 Å². The number of ether oxygens (including phenoxy) is 2. The van der Waals surface area contributed by atoms with Gasteiger partial charge >= 0.3 is 0 Å². The number of amides is 2. The van der Waals surface area contributed by atoms with Crippen molar-refractivity contribution in [2.24, 2.45) is 0 Å². The van der Waals surface area contributed by atoms with Gasteiger partial charge in [-0.25, -0.2) is 4.39 Å². The van der Waals surface area contributed by atoms with Crippen LogP contribution in [0.2, 0.25) is 0 Å². The van der Waals surface area contributed by atoms with Crippen molar-refractivity contribution in [3.8, 4) is 11.5 Å². The molecule has 0 aromatic heterocycles. The van der Waals surface area contributed by atoms with E-state index in [1.165, 1.54) is 25.2 Å². The van der Waals surface area contributed by atoms with Gasteiger partial charge in [-0.05, 0) is 30.8 Å². The predicted molar refractivity (Wildman–Crippen MR) is 118 cm³/mol. The monoisotopic (exact) mass is 441 g/mol. The van der Waals surface area contributed by atoms with Gasteiger partial charge in [-0.2, -0.15) is 0 Å². The topological polar surface area (TPSA) is 62.3 Å². The van der Waals surface area contributed by atoms with Crippen LogP contribution in [0.15, 0.2) is 36.4 Å². The average molecular weight is 442 g/mol. The van der Waals surface area contributed by atoms with Crippen LogP contribution in [0, 0.1) is 5.82 Å². The van der Waals surface area contributed by atoms with Gasteiger partial charge in [-0.3, -0.25) is 9.59 Å². The van der Waals surface area contributed by atoms with E-state index in [-0.39, 0.29) is 11.8 Å². The predicted octanol–water partition coefficient (Wildman–Crippen LogP) is 2.53. The summed E-state index contributed by atoms with van der Waals surface area (Å²) < 4.78 is 25.8. The lowest BCUT2D eigenvalue weighted by atomic mass is 9.78. The Morgan fingerprint density at radius 1 is 0.969 bits per heavy atom. The molecule has 32 heavy (non-hydrogen) atoms. The standard InChI is InChI=1S/C24H28FN3O4/c1-26-9-11-28(12-10-26)24(30)21-16-13-19(31-3)20(32-4)14-17(16)23(29)27(2)22(21)15-7-5-6-8-18(15)25/h5-8,13-14,21-22H,9-12H2,1-4H3. The normalized spacial score (nSPS) is 21.3. The Morgan fingerprint density at radius 3 is 2.22 bits per heavy atom. The molecule has 0 spiro atoms. The summed E-state index contributed by atoms with van der Waals surface area (Å²) in [6, 6.07) is 8.83. The summed E-state index contributed by atoms with van der Waals surface area (Å²) in [7, 11) is 6.63. The number of halogens is 1. The van der Waals surface area contributed by atoms with Gasteiger partial charge in [0.2, 0.25) is 5.91 Å². The maximum atomic E-state index is 14.9. The molecule has 0 bridgehead atoms. The first-order chi connectivity index (χ1) is 15.4. The van der Waals surface area contributed by atoms with Gasteiger partial charge in [-0.15, -0.1) is 0 Å². The van der Waals surface area contributed by atoms with E-state index in [0.29, 0.717) is 41.3 Å². The highest BCUT2D eigenvalue weighted by atomic mass is 19.1. The molecule has 2 unspecified atom stereocenters. The third kappa shape index (κ3) is 3.68. The summed E-state index contributed by atoms with van der Waals surface area (Å²) in [4.78, 5) is 32.7. The lowest BCUT2D eigenvalue weighted by molar-refractivity contribution is -0.136. The molecule has 2 aliphatic rings. The summed E-state index contributed by atoms with van der Waals surface area (Å²) in [5, 5.41) is 0. The van der Waals surface area contributed by atoms with Gasteiger partial charge < -0.3 is 24.2 Å². The molecular formula is C24H28FN3O4. The number of methoxy groups -OCH3 is 2. The number of nitrogens with zero attached hydrogens (tertiary/aromatic N) is 3. The molecule has 170 valence electrons. The Balaban J connectivity index is 1.89. The Kier molecular flexibility index (Phi) is 6.06. The minimum Gasteiger partial charge on any atom is -0.493 e. The minimum absolute atomic E-state index is 0.126. The molecule has 7 nitrogen and oxygen atoms in total. The van der Waals surface area contributed by atoms with Crippen LogP contribution in [0.1, 0.15) is 33.4 Å². The van der Waals surface area contributed by atoms with E-state index in [2.05, 4.69) is 4.90 Å². The number of rotatable bonds is 4. The number of hydrogen-bond acceptors (Lipinski definition) is 5. The van der Waals surface area contributed by atoms with E-state index in [1.807, 2.05) is 11.9 Å². The van der Waals surface area contributed by atoms with Crippen LogP contribution in [0.4, 0.5) is 4.39 Å². The van der Waals surface area contributed by atoms with E-state index in [9.17, 15) is 14.0 Å². The third-order valence-corrected chi connectivity index (χ3v) is 6.48. The van der Waals surface area contributed by atoms with Crippen LogP contribution >= 0.6 is 0 Å². The Bertz CT molecular complexity index is 1040. The molecule has 2 amide bonds. The molecule has 1 saturated heterocycles. The number of carbonyl (C=O) groups is 2. The quantitative estimate of drug-likeness (QED) is 0.730. The van der Waals surface area contributed by atoms with Crippen LogP contribution < -0.4 is 9.47 Å². The van der Waals surface area contributed by atoms with E-state index in [0.717, 1.165) is 13.1 Å². The first-order valence-electron chi connectivity index (χ1n) is 10.6. The van der Waals surface area contributed by atoms with E-state index >= 15 is 0 Å². The second-order valence-corrected chi connectivity index (χ2v) is 8.28. The fourth-order valence-corrected chi connectivity index (χ4v) is 4.64. The molecule has 0 N–H and O–H groups in total. The zero-order valence-corrected chi connectivity index (χ0v) is 18.8. The SMILES string of the molecule is COc1cc2c(cc1OC)C(C(=O)N1CCN(C)CC1)C(c1ccccc1F)N(C)C2=O. The number of fused-ring (bicyclic) bond motifs is 1. The van der Waals surface area contributed by atoms with Gasteiger partial charge in [0.15, 0.2) is 11.5 Å². The average Bonchev–Trinajstić information content (AvgIpc) is 2.81. The van der Waals surface area contributed by atoms with Crippen molar-refractivity contribution in [2.75, 3.05) is 54.5 Å². The second-order valence-electron chi connectivity index (χ2n) is 8.28. The van der Waals surface area contributed by atoms with Crippen LogP contribution in [0.3, 0.4) is 0 Å². The minimum atomic E-state index is -0.776. The lowest BCUT2D eigenvalue weighted by Crippen LogP contribution is -2.52. The number of piperazine rings is 1. The first-order valence-corrected chi connectivity index (χ1v) is 10.6. The fraction of sp³-hybridized carbons (Fsp3) is 0.417. The molecule has 0 aliphatic carbocycles. The van der Waals surface area contributed by atoms with Crippen LogP contribution in [-0.2, 0) is 4.79 Å². The summed E-state index contributed by atoms with van der Waals surface area (Å²) in [5.74, 6) is -0.809. The third-order valence-electron chi connectivity index (χ3n) is 6.48. The molecule has 4 rings (SSSR count). The van der Waals surface area contributed by atoms with Crippen molar-refractivity contribution < 1.29 is 23.5 Å². The summed E-state index contributed by atoms with van der Waals surface area (Å²) in [6.07, 6.45) is 0. The molecule has 1 fully saturated rings. The van der Waals surface area contributed by atoms with Gasteiger partial charge in [0.25, 0.3) is 5.91 Å². The number of likely N-dealkylation sites (N-methyl/N-ethyl adjacent to an activating group) is 2. The Hall–Kier alpha value is -3.13. The summed E-state index contributed by atoms with van der Waals surface area (Å²) >= 11 is 0. The molecule has 2 aromatic carbocycles. The number of carbonyl (C=O) groups excluding carboxylic acids is 2. The highest BCUT2D eigenvalue weighted by Crippen LogP contribution is 2.46. The van der Waals surface area contributed by atoms with Crippen molar-refractivity contribution in [3.63, 3.8) is 0 Å². The number of hydrogen-bond donors (Lipinski definition) is 0. The Labute approximate surface area is 187 Å². The van der Waals surface area contributed by atoms with Gasteiger partial charge in [0.1, 0.15) is 5.82 Å². The molecule has 2 heterocycles. The number of benzene rings is 2. The fourth-order valence-electron chi connectivity index (χ4n) is 4.64. The van der Waals surface area contributed by atoms with Gasteiger partial charge in [-0.1, -0.05) is 18.2 Å². The molecule has 2 aliphatic heterocycles. The van der Waals surface area contributed by atoms with E-state index < -0.39 is 17.8 Å². The summed E-state index contributed by atoms with van der Waals surface area (Å²) in [5.41, 5.74) is 1.21. The highest BCUT2D eigenvalue weighted by molar-refractivity contribution is 6.02. The largest absolute Gasteiger partial charge is 0.493 e. The van der Waals surface area contributed by atoms with Crippen molar-refractivity contribution in [2.45, 2.75) is 12.0 Å². The van der Waals surface area contributed by atoms with Gasteiger partial charge in [0.05, 0.1) is 26.2 Å². The molecule has 0 radical (unpaired) electrons. The Morgan fingerprint density at radius 2 is 1.59 bits per heavy atom. The first kappa shape index (κ1) is 22.1. The molecular weight excluding hydrogens is 413 g/mol. The molecule has 2 atom stereocenters. The maximum absolute atomic E-state index is 14.9. The van der Waals surface area contributed by atoms with Crippen molar-refractivity contribution >= 4 is 11.8 Å². The van der Waals surface area contributed by atoms with Gasteiger partial charge in [0, 0.05) is 44.4 Å². The summed E-state index contributed by atoms with van der Waals surface area (Å²) in [6.45, 7) is 2.68. The molecule has 0 saturated carbocycles. The van der Waals surface area contributed by atoms with E-state index in [4.69, 9.17) is 9.47 Å².